The average Bonchev–Trinajstić information content (AvgIpc) is 3.15. The summed E-state index contributed by atoms with van der Waals surface area (Å²) < 4.78 is 41.1. The first kappa shape index (κ1) is 20.4. The Morgan fingerprint density at radius 1 is 1.13 bits per heavy atom. The van der Waals surface area contributed by atoms with Crippen LogP contribution in [0.25, 0.3) is 6.08 Å². The molecule has 3 amide bonds. The predicted octanol–water partition coefficient (Wildman–Crippen LogP) is 3.84. The number of carbonyl (C=O) groups is 2. The van der Waals surface area contributed by atoms with E-state index in [2.05, 4.69) is 10.1 Å². The van der Waals surface area contributed by atoms with Gasteiger partial charge in [0.05, 0.1) is 6.04 Å². The molecule has 0 aliphatic carbocycles. The van der Waals surface area contributed by atoms with E-state index in [-0.39, 0.29) is 24.6 Å². The Morgan fingerprint density at radius 3 is 2.52 bits per heavy atom. The molecule has 0 spiro atoms. The number of hydrazone groups is 1. The van der Waals surface area contributed by atoms with Crippen molar-refractivity contribution in [2.45, 2.75) is 12.5 Å². The van der Waals surface area contributed by atoms with Gasteiger partial charge in [-0.15, -0.1) is 0 Å². The molecule has 1 saturated heterocycles. The Balaban J connectivity index is 1.44. The first-order valence-corrected chi connectivity index (χ1v) is 9.22. The smallest absolute Gasteiger partial charge is 0.410 e. The van der Waals surface area contributed by atoms with E-state index in [0.29, 0.717) is 17.6 Å². The van der Waals surface area contributed by atoms with Gasteiger partial charge in [0, 0.05) is 31.8 Å². The van der Waals surface area contributed by atoms with Gasteiger partial charge in [0.1, 0.15) is 29.0 Å². The lowest BCUT2D eigenvalue weighted by molar-refractivity contribution is 0.136. The topological polar surface area (TPSA) is 98.1 Å². The Morgan fingerprint density at radius 2 is 1.84 bits per heavy atom. The highest BCUT2D eigenvalue weighted by atomic mass is 19.1. The van der Waals surface area contributed by atoms with Crippen molar-refractivity contribution in [3.05, 3.63) is 64.6 Å². The number of carboxylic acid groups (broad SMARTS) is 1. The van der Waals surface area contributed by atoms with Crippen LogP contribution in [0.4, 0.5) is 28.6 Å². The maximum atomic E-state index is 14.0. The number of urea groups is 1. The summed E-state index contributed by atoms with van der Waals surface area (Å²) in [5.41, 5.74) is 0.943. The fraction of sp³-hybridized carbons (Fsp3) is 0.200. The van der Waals surface area contributed by atoms with Crippen molar-refractivity contribution in [3.63, 3.8) is 0 Å². The normalized spacial score (nSPS) is 17.5. The lowest BCUT2D eigenvalue weighted by Gasteiger charge is -2.37. The van der Waals surface area contributed by atoms with Gasteiger partial charge in [-0.05, 0) is 41.5 Å². The molecule has 2 N–H and O–H groups in total. The number of benzene rings is 1. The number of nitrogens with one attached hydrogen (secondary N) is 1. The van der Waals surface area contributed by atoms with Crippen LogP contribution in [0.1, 0.15) is 23.7 Å². The maximum Gasteiger partial charge on any atom is 0.410 e. The minimum absolute atomic E-state index is 0.0235. The molecule has 11 heteroatoms. The van der Waals surface area contributed by atoms with E-state index in [9.17, 15) is 22.8 Å². The van der Waals surface area contributed by atoms with Gasteiger partial charge in [0.25, 0.3) is 0 Å². The van der Waals surface area contributed by atoms with Crippen LogP contribution < -0.4 is 5.32 Å². The van der Waals surface area contributed by atoms with Crippen molar-refractivity contribution in [2.24, 2.45) is 5.10 Å². The molecule has 8 nitrogen and oxygen atoms in total. The molecule has 160 valence electrons. The van der Waals surface area contributed by atoms with E-state index in [0.717, 1.165) is 24.3 Å². The third-order valence-corrected chi connectivity index (χ3v) is 4.80. The number of amides is 3. The highest BCUT2D eigenvalue weighted by molar-refractivity contribution is 5.82. The molecule has 31 heavy (non-hydrogen) atoms. The summed E-state index contributed by atoms with van der Waals surface area (Å²) in [4.78, 5) is 28.8. The monoisotopic (exact) mass is 431 g/mol. The number of nitrogens with zero attached hydrogens (tertiary/aromatic N) is 4. The van der Waals surface area contributed by atoms with Crippen molar-refractivity contribution in [1.29, 1.82) is 0 Å². The minimum atomic E-state index is -1.32. The molecular formula is C20H16F3N5O3. The van der Waals surface area contributed by atoms with E-state index in [1.54, 1.807) is 0 Å². The number of likely N-dealkylation sites (tertiary alicyclic amines) is 1. The number of carbonyl (C=O) groups excluding carboxylic acids is 1. The zero-order valence-electron chi connectivity index (χ0n) is 15.9. The number of aromatic nitrogens is 1. The number of halogens is 3. The second kappa shape index (κ2) is 8.09. The molecule has 2 aliphatic rings. The van der Waals surface area contributed by atoms with Gasteiger partial charge in [-0.1, -0.05) is 0 Å². The highest BCUT2D eigenvalue weighted by Gasteiger charge is 2.35. The molecule has 1 aromatic carbocycles. The van der Waals surface area contributed by atoms with Crippen molar-refractivity contribution in [1.82, 2.24) is 14.9 Å². The lowest BCUT2D eigenvalue weighted by Crippen LogP contribution is -2.49. The Kier molecular flexibility index (Phi) is 5.32. The number of rotatable bonds is 3. The molecule has 2 aromatic rings. The average molecular weight is 431 g/mol. The summed E-state index contributed by atoms with van der Waals surface area (Å²) in [6, 6.07) is 4.30. The van der Waals surface area contributed by atoms with Gasteiger partial charge in [-0.2, -0.15) is 5.10 Å². The number of hydrogen-bond donors (Lipinski definition) is 2. The van der Waals surface area contributed by atoms with Gasteiger partial charge in [0.15, 0.2) is 0 Å². The summed E-state index contributed by atoms with van der Waals surface area (Å²) in [5.74, 6) is -2.13. The molecule has 1 atom stereocenters. The van der Waals surface area contributed by atoms with Gasteiger partial charge in [-0.25, -0.2) is 32.8 Å². The van der Waals surface area contributed by atoms with Crippen molar-refractivity contribution >= 4 is 30.2 Å². The molecule has 3 heterocycles. The first-order valence-electron chi connectivity index (χ1n) is 9.22. The van der Waals surface area contributed by atoms with Crippen LogP contribution in [0.2, 0.25) is 0 Å². The fourth-order valence-electron chi connectivity index (χ4n) is 3.39. The molecule has 1 unspecified atom stereocenters. The van der Waals surface area contributed by atoms with E-state index in [4.69, 9.17) is 5.11 Å². The fourth-order valence-corrected chi connectivity index (χ4v) is 3.39. The zero-order chi connectivity index (χ0) is 22.1. The third kappa shape index (κ3) is 4.34. The Hall–Kier alpha value is -3.89. The molecule has 0 radical (unpaired) electrons. The molecule has 4 rings (SSSR count). The van der Waals surface area contributed by atoms with E-state index in [1.807, 2.05) is 5.32 Å². The largest absolute Gasteiger partial charge is 0.465 e. The van der Waals surface area contributed by atoms with Crippen LogP contribution >= 0.6 is 0 Å². The third-order valence-electron chi connectivity index (χ3n) is 4.80. The lowest BCUT2D eigenvalue weighted by atomic mass is 10.0. The number of hydrogen-bond acceptors (Lipinski definition) is 4. The van der Waals surface area contributed by atoms with Gasteiger partial charge >= 0.3 is 12.1 Å². The van der Waals surface area contributed by atoms with Crippen molar-refractivity contribution < 1.29 is 27.9 Å². The van der Waals surface area contributed by atoms with Crippen LogP contribution in [0.5, 0.6) is 0 Å². The summed E-state index contributed by atoms with van der Waals surface area (Å²) in [6.07, 6.45) is 1.95. The van der Waals surface area contributed by atoms with Gasteiger partial charge in [-0.3, -0.25) is 5.32 Å². The number of anilines is 1. The van der Waals surface area contributed by atoms with Crippen molar-refractivity contribution in [2.75, 3.05) is 18.4 Å². The van der Waals surface area contributed by atoms with Crippen LogP contribution in [0.3, 0.4) is 0 Å². The van der Waals surface area contributed by atoms with Crippen LogP contribution in [0.15, 0.2) is 41.0 Å². The van der Waals surface area contributed by atoms with Crippen LogP contribution in [0, 0.1) is 17.5 Å². The van der Waals surface area contributed by atoms with Crippen LogP contribution in [-0.4, -0.2) is 51.4 Å². The SMILES string of the molecule is O=C(O)Nc1ccc(F)c(C=C2CN(C(=O)N3N=CCC3c3cc(F)cc(F)c3)C2)n1. The zero-order valence-corrected chi connectivity index (χ0v) is 15.9. The molecule has 1 aromatic heterocycles. The van der Waals surface area contributed by atoms with E-state index < -0.39 is 35.6 Å². The summed E-state index contributed by atoms with van der Waals surface area (Å²) in [5, 5.41) is 16.0. The van der Waals surface area contributed by atoms with Crippen molar-refractivity contribution in [3.8, 4) is 0 Å². The maximum absolute atomic E-state index is 14.0. The molecule has 0 saturated carbocycles. The van der Waals surface area contributed by atoms with Crippen LogP contribution in [-0.2, 0) is 0 Å². The van der Waals surface area contributed by atoms with E-state index >= 15 is 0 Å². The quantitative estimate of drug-likeness (QED) is 0.772. The Bertz CT molecular complexity index is 1090. The highest BCUT2D eigenvalue weighted by Crippen LogP contribution is 2.32. The predicted molar refractivity (Wildman–Crippen MR) is 105 cm³/mol. The second-order valence-corrected chi connectivity index (χ2v) is 7.03. The minimum Gasteiger partial charge on any atom is -0.465 e. The summed E-state index contributed by atoms with van der Waals surface area (Å²) >= 11 is 0. The molecule has 0 bridgehead atoms. The molecule has 1 fully saturated rings. The van der Waals surface area contributed by atoms with Gasteiger partial charge < -0.3 is 10.0 Å². The molecule has 2 aliphatic heterocycles. The Labute approximate surface area is 174 Å². The first-order chi connectivity index (χ1) is 14.8. The summed E-state index contributed by atoms with van der Waals surface area (Å²) in [6.45, 7) is 0.375. The number of pyridine rings is 1. The molecular weight excluding hydrogens is 415 g/mol. The summed E-state index contributed by atoms with van der Waals surface area (Å²) in [7, 11) is 0. The standard InChI is InChI=1S/C20H16F3N5O3/c21-13-6-12(7-14(22)8-13)17-3-4-24-28(17)20(31)27-9-11(10-27)5-16-15(23)1-2-18(25-16)26-19(29)30/h1-2,4-8,17H,3,9-10H2,(H,25,26)(H,29,30). The van der Waals surface area contributed by atoms with Gasteiger partial charge in [0.2, 0.25) is 0 Å². The van der Waals surface area contributed by atoms with E-state index in [1.165, 1.54) is 28.3 Å². The second-order valence-electron chi connectivity index (χ2n) is 7.03.